The van der Waals surface area contributed by atoms with Crippen LogP contribution in [-0.2, 0) is 4.79 Å². The summed E-state index contributed by atoms with van der Waals surface area (Å²) < 4.78 is 0. The van der Waals surface area contributed by atoms with Gasteiger partial charge in [0.05, 0.1) is 5.57 Å². The molecule has 0 amide bonds. The summed E-state index contributed by atoms with van der Waals surface area (Å²) in [5, 5.41) is 8.73. The van der Waals surface area contributed by atoms with E-state index in [4.69, 9.17) is 5.11 Å². The third kappa shape index (κ3) is 1.84. The van der Waals surface area contributed by atoms with Crippen LogP contribution in [0, 0.1) is 0 Å². The topological polar surface area (TPSA) is 37.3 Å². The molecule has 1 rings (SSSR count). The fourth-order valence-corrected chi connectivity index (χ4v) is 1.06. The van der Waals surface area contributed by atoms with Crippen molar-refractivity contribution in [2.45, 2.75) is 20.3 Å². The first-order valence-corrected chi connectivity index (χ1v) is 3.89. The van der Waals surface area contributed by atoms with Crippen LogP contribution in [0.15, 0.2) is 34.9 Å². The Balaban J connectivity index is 3.04. The molecule has 1 N–H and O–H groups in total. The smallest absolute Gasteiger partial charge is 0.335 e. The molecule has 2 nitrogen and oxygen atoms in total. The Bertz CT molecular complexity index is 293. The fraction of sp³-hybridized carbons (Fsp3) is 0.300. The lowest BCUT2D eigenvalue weighted by Crippen LogP contribution is -1.96. The molecule has 1 aliphatic carbocycles. The van der Waals surface area contributed by atoms with Crippen LogP contribution >= 0.6 is 0 Å². The third-order valence-electron chi connectivity index (χ3n) is 2.01. The monoisotopic (exact) mass is 164 g/mol. The van der Waals surface area contributed by atoms with Gasteiger partial charge in [-0.3, -0.25) is 0 Å². The van der Waals surface area contributed by atoms with E-state index in [1.165, 1.54) is 5.57 Å². The van der Waals surface area contributed by atoms with E-state index in [1.807, 2.05) is 19.9 Å². The van der Waals surface area contributed by atoms with Crippen molar-refractivity contribution in [1.29, 1.82) is 0 Å². The van der Waals surface area contributed by atoms with Crippen LogP contribution in [0.1, 0.15) is 20.3 Å². The van der Waals surface area contributed by atoms with Crippen LogP contribution in [0.25, 0.3) is 0 Å². The highest BCUT2D eigenvalue weighted by Gasteiger charge is 2.06. The molecule has 0 heterocycles. The van der Waals surface area contributed by atoms with Gasteiger partial charge < -0.3 is 5.11 Å². The molecule has 0 saturated heterocycles. The quantitative estimate of drug-likeness (QED) is 0.645. The van der Waals surface area contributed by atoms with E-state index < -0.39 is 5.97 Å². The number of aliphatic carboxylic acids is 1. The van der Waals surface area contributed by atoms with Crippen molar-refractivity contribution in [3.05, 3.63) is 34.9 Å². The zero-order valence-corrected chi connectivity index (χ0v) is 7.29. The van der Waals surface area contributed by atoms with Crippen LogP contribution in [0.5, 0.6) is 0 Å². The van der Waals surface area contributed by atoms with Crippen molar-refractivity contribution in [1.82, 2.24) is 0 Å². The Morgan fingerprint density at radius 2 is 2.17 bits per heavy atom. The molecule has 0 radical (unpaired) electrons. The fourth-order valence-electron chi connectivity index (χ4n) is 1.06. The van der Waals surface area contributed by atoms with Crippen molar-refractivity contribution in [2.75, 3.05) is 0 Å². The standard InChI is InChI=1S/C10H12O2/c1-7-4-3-5-9(10(11)12)6-8(7)2/h3,5-6H,4H2,1-2H3,(H,11,12). The molecule has 12 heavy (non-hydrogen) atoms. The van der Waals surface area contributed by atoms with Gasteiger partial charge in [0.25, 0.3) is 0 Å². The van der Waals surface area contributed by atoms with E-state index >= 15 is 0 Å². The summed E-state index contributed by atoms with van der Waals surface area (Å²) in [7, 11) is 0. The molecular weight excluding hydrogens is 152 g/mol. The molecule has 0 aromatic heterocycles. The third-order valence-corrected chi connectivity index (χ3v) is 2.01. The van der Waals surface area contributed by atoms with Crippen molar-refractivity contribution in [2.24, 2.45) is 0 Å². The highest BCUT2D eigenvalue weighted by Crippen LogP contribution is 2.16. The van der Waals surface area contributed by atoms with E-state index in [0.29, 0.717) is 5.57 Å². The lowest BCUT2D eigenvalue weighted by atomic mass is 10.1. The number of carbonyl (C=O) groups is 1. The minimum Gasteiger partial charge on any atom is -0.478 e. The Morgan fingerprint density at radius 1 is 1.50 bits per heavy atom. The van der Waals surface area contributed by atoms with Crippen LogP contribution < -0.4 is 0 Å². The number of carboxylic acids is 1. The number of rotatable bonds is 1. The minimum absolute atomic E-state index is 0.365. The van der Waals surface area contributed by atoms with E-state index in [9.17, 15) is 4.79 Å². The van der Waals surface area contributed by atoms with Gasteiger partial charge in [0.15, 0.2) is 0 Å². The number of hydrogen-bond donors (Lipinski definition) is 1. The SMILES string of the molecule is CC1=C(C)CC=CC(C(=O)O)=C1. The Kier molecular flexibility index (Phi) is 2.48. The average molecular weight is 164 g/mol. The Hall–Kier alpha value is -1.31. The lowest BCUT2D eigenvalue weighted by molar-refractivity contribution is -0.132. The molecule has 64 valence electrons. The Labute approximate surface area is 71.9 Å². The maximum absolute atomic E-state index is 10.6. The van der Waals surface area contributed by atoms with E-state index in [0.717, 1.165) is 12.0 Å². The first-order chi connectivity index (χ1) is 5.61. The maximum atomic E-state index is 10.6. The van der Waals surface area contributed by atoms with Crippen molar-refractivity contribution < 1.29 is 9.90 Å². The zero-order chi connectivity index (χ0) is 9.14. The van der Waals surface area contributed by atoms with Crippen LogP contribution in [0.2, 0.25) is 0 Å². The summed E-state index contributed by atoms with van der Waals surface area (Å²) in [4.78, 5) is 10.6. The normalized spacial score (nSPS) is 17.3. The van der Waals surface area contributed by atoms with Gasteiger partial charge >= 0.3 is 5.97 Å². The van der Waals surface area contributed by atoms with Gasteiger partial charge in [0.1, 0.15) is 0 Å². The summed E-state index contributed by atoms with van der Waals surface area (Å²) in [6.45, 7) is 3.95. The largest absolute Gasteiger partial charge is 0.478 e. The first kappa shape index (κ1) is 8.78. The summed E-state index contributed by atoms with van der Waals surface area (Å²) >= 11 is 0. The van der Waals surface area contributed by atoms with Gasteiger partial charge in [-0.1, -0.05) is 23.3 Å². The van der Waals surface area contributed by atoms with Crippen LogP contribution in [0.4, 0.5) is 0 Å². The number of allylic oxidation sites excluding steroid dienone is 4. The molecule has 0 bridgehead atoms. The molecule has 0 atom stereocenters. The molecule has 0 saturated carbocycles. The van der Waals surface area contributed by atoms with Crippen LogP contribution in [-0.4, -0.2) is 11.1 Å². The predicted molar refractivity (Wildman–Crippen MR) is 47.8 cm³/mol. The van der Waals surface area contributed by atoms with E-state index in [2.05, 4.69) is 0 Å². The summed E-state index contributed by atoms with van der Waals surface area (Å²) in [6.07, 6.45) is 6.09. The van der Waals surface area contributed by atoms with Crippen molar-refractivity contribution >= 4 is 5.97 Å². The summed E-state index contributed by atoms with van der Waals surface area (Å²) in [5.74, 6) is -0.861. The highest BCUT2D eigenvalue weighted by molar-refractivity contribution is 5.90. The second-order valence-corrected chi connectivity index (χ2v) is 2.97. The van der Waals surface area contributed by atoms with E-state index in [1.54, 1.807) is 12.2 Å². The summed E-state index contributed by atoms with van der Waals surface area (Å²) in [6, 6.07) is 0. The van der Waals surface area contributed by atoms with Gasteiger partial charge in [0, 0.05) is 0 Å². The highest BCUT2D eigenvalue weighted by atomic mass is 16.4. The second kappa shape index (κ2) is 3.39. The minimum atomic E-state index is -0.861. The molecule has 0 aromatic carbocycles. The molecule has 0 unspecified atom stereocenters. The van der Waals surface area contributed by atoms with Crippen LogP contribution in [0.3, 0.4) is 0 Å². The molecule has 0 spiro atoms. The predicted octanol–water partition coefficient (Wildman–Crippen LogP) is 2.29. The molecule has 0 aromatic rings. The summed E-state index contributed by atoms with van der Waals surface area (Å²) in [5.41, 5.74) is 2.64. The van der Waals surface area contributed by atoms with Gasteiger partial charge in [-0.15, -0.1) is 0 Å². The van der Waals surface area contributed by atoms with Gasteiger partial charge in [-0.05, 0) is 26.3 Å². The van der Waals surface area contributed by atoms with E-state index in [-0.39, 0.29) is 0 Å². The van der Waals surface area contributed by atoms with Gasteiger partial charge in [-0.2, -0.15) is 0 Å². The maximum Gasteiger partial charge on any atom is 0.335 e. The average Bonchev–Trinajstić information content (AvgIpc) is 2.15. The molecule has 2 heteroatoms. The number of carboxylic acid groups (broad SMARTS) is 1. The first-order valence-electron chi connectivity index (χ1n) is 3.89. The van der Waals surface area contributed by atoms with Crippen molar-refractivity contribution in [3.8, 4) is 0 Å². The van der Waals surface area contributed by atoms with Gasteiger partial charge in [0.2, 0.25) is 0 Å². The molecular formula is C10H12O2. The van der Waals surface area contributed by atoms with Crippen molar-refractivity contribution in [3.63, 3.8) is 0 Å². The molecule has 0 aliphatic heterocycles. The zero-order valence-electron chi connectivity index (χ0n) is 7.29. The van der Waals surface area contributed by atoms with Gasteiger partial charge in [-0.25, -0.2) is 4.79 Å². The Morgan fingerprint density at radius 3 is 2.75 bits per heavy atom. The number of hydrogen-bond acceptors (Lipinski definition) is 1. The molecule has 0 fully saturated rings. The molecule has 1 aliphatic rings. The lowest BCUT2D eigenvalue weighted by Gasteiger charge is -1.97. The second-order valence-electron chi connectivity index (χ2n) is 2.97.